The first-order valence-corrected chi connectivity index (χ1v) is 8.48. The Morgan fingerprint density at radius 1 is 1.33 bits per heavy atom. The Morgan fingerprint density at radius 3 is 2.38 bits per heavy atom. The normalized spacial score (nSPS) is 16.6. The molecule has 0 bridgehead atoms. The van der Waals surface area contributed by atoms with Gasteiger partial charge in [-0.3, -0.25) is 4.79 Å². The Balaban J connectivity index is 0.00000106. The molecule has 1 aliphatic rings. The van der Waals surface area contributed by atoms with Crippen LogP contribution in [0.25, 0.3) is 0 Å². The van der Waals surface area contributed by atoms with Crippen LogP contribution in [0.4, 0.5) is 0 Å². The SMILES string of the molecule is CC.CC(=O)C(CCNCC1(O)CC1)c1ccc(Br)cc1. The van der Waals surface area contributed by atoms with E-state index in [4.69, 9.17) is 0 Å². The molecule has 1 aliphatic carbocycles. The Morgan fingerprint density at radius 2 is 1.90 bits per heavy atom. The average molecular weight is 356 g/mol. The quantitative estimate of drug-likeness (QED) is 0.733. The lowest BCUT2D eigenvalue weighted by atomic mass is 9.92. The van der Waals surface area contributed by atoms with Crippen molar-refractivity contribution in [2.75, 3.05) is 13.1 Å². The van der Waals surface area contributed by atoms with Crippen molar-refractivity contribution in [3.63, 3.8) is 0 Å². The van der Waals surface area contributed by atoms with Crippen LogP contribution in [0.3, 0.4) is 0 Å². The second kappa shape index (κ2) is 8.66. The van der Waals surface area contributed by atoms with Crippen LogP contribution in [-0.4, -0.2) is 29.6 Å². The van der Waals surface area contributed by atoms with Crippen molar-refractivity contribution < 1.29 is 9.90 Å². The first-order valence-electron chi connectivity index (χ1n) is 7.69. The van der Waals surface area contributed by atoms with Gasteiger partial charge >= 0.3 is 0 Å². The Labute approximate surface area is 136 Å². The summed E-state index contributed by atoms with van der Waals surface area (Å²) in [6.07, 6.45) is 2.55. The van der Waals surface area contributed by atoms with Crippen LogP contribution in [0.5, 0.6) is 0 Å². The molecule has 2 rings (SSSR count). The lowest BCUT2D eigenvalue weighted by Crippen LogP contribution is -2.30. The van der Waals surface area contributed by atoms with E-state index in [1.165, 1.54) is 0 Å². The van der Waals surface area contributed by atoms with Crippen LogP contribution < -0.4 is 5.32 Å². The maximum Gasteiger partial charge on any atom is 0.137 e. The minimum atomic E-state index is -0.469. The van der Waals surface area contributed by atoms with Crippen molar-refractivity contribution >= 4 is 21.7 Å². The van der Waals surface area contributed by atoms with Gasteiger partial charge in [0.1, 0.15) is 5.78 Å². The number of carbonyl (C=O) groups is 1. The van der Waals surface area contributed by atoms with Crippen molar-refractivity contribution in [2.24, 2.45) is 0 Å². The highest BCUT2D eigenvalue weighted by atomic mass is 79.9. The summed E-state index contributed by atoms with van der Waals surface area (Å²) in [5.41, 5.74) is 0.589. The highest BCUT2D eigenvalue weighted by Gasteiger charge is 2.39. The molecule has 1 atom stereocenters. The van der Waals surface area contributed by atoms with Crippen LogP contribution in [0, 0.1) is 0 Å². The van der Waals surface area contributed by atoms with E-state index in [-0.39, 0.29) is 11.7 Å². The molecule has 0 aliphatic heterocycles. The van der Waals surface area contributed by atoms with E-state index in [1.807, 2.05) is 38.1 Å². The van der Waals surface area contributed by atoms with Gasteiger partial charge in [-0.2, -0.15) is 0 Å². The van der Waals surface area contributed by atoms with Crippen LogP contribution in [0.1, 0.15) is 51.5 Å². The van der Waals surface area contributed by atoms with E-state index in [0.717, 1.165) is 35.8 Å². The summed E-state index contributed by atoms with van der Waals surface area (Å²) in [4.78, 5) is 11.7. The third kappa shape index (κ3) is 6.29. The first-order chi connectivity index (χ1) is 10.0. The third-order valence-electron chi connectivity index (χ3n) is 3.65. The zero-order valence-corrected chi connectivity index (χ0v) is 14.7. The number of carbonyl (C=O) groups excluding carboxylic acids is 1. The molecule has 1 aromatic carbocycles. The highest BCUT2D eigenvalue weighted by molar-refractivity contribution is 9.10. The number of hydrogen-bond donors (Lipinski definition) is 2. The minimum absolute atomic E-state index is 0.0607. The predicted molar refractivity (Wildman–Crippen MR) is 90.6 cm³/mol. The van der Waals surface area contributed by atoms with E-state index < -0.39 is 5.60 Å². The van der Waals surface area contributed by atoms with Crippen molar-refractivity contribution in [3.8, 4) is 0 Å². The summed E-state index contributed by atoms with van der Waals surface area (Å²) < 4.78 is 1.02. The molecule has 0 aromatic heterocycles. The zero-order valence-electron chi connectivity index (χ0n) is 13.2. The lowest BCUT2D eigenvalue weighted by Gasteiger charge is -2.16. The van der Waals surface area contributed by atoms with Crippen LogP contribution in [0.2, 0.25) is 0 Å². The molecule has 0 spiro atoms. The molecule has 3 nitrogen and oxygen atoms in total. The Bertz CT molecular complexity index is 441. The number of benzene rings is 1. The van der Waals surface area contributed by atoms with E-state index in [0.29, 0.717) is 6.54 Å². The van der Waals surface area contributed by atoms with Crippen molar-refractivity contribution in [2.45, 2.75) is 51.6 Å². The minimum Gasteiger partial charge on any atom is -0.389 e. The monoisotopic (exact) mass is 355 g/mol. The number of Topliss-reactive ketones (excluding diaryl/α,β-unsaturated/α-hetero) is 1. The average Bonchev–Trinajstić information content (AvgIpc) is 3.20. The maximum absolute atomic E-state index is 11.7. The molecule has 1 fully saturated rings. The fraction of sp³-hybridized carbons (Fsp3) is 0.588. The molecule has 1 saturated carbocycles. The fourth-order valence-electron chi connectivity index (χ4n) is 2.19. The number of hydrogen-bond acceptors (Lipinski definition) is 3. The molecule has 118 valence electrons. The molecule has 4 heteroatoms. The smallest absolute Gasteiger partial charge is 0.137 e. The largest absolute Gasteiger partial charge is 0.389 e. The van der Waals surface area contributed by atoms with Gasteiger partial charge in [-0.1, -0.05) is 41.9 Å². The van der Waals surface area contributed by atoms with E-state index in [1.54, 1.807) is 6.92 Å². The summed E-state index contributed by atoms with van der Waals surface area (Å²) in [7, 11) is 0. The predicted octanol–water partition coefficient (Wildman–Crippen LogP) is 3.65. The molecule has 0 heterocycles. The lowest BCUT2D eigenvalue weighted by molar-refractivity contribution is -0.118. The number of halogens is 1. The molecule has 0 radical (unpaired) electrons. The van der Waals surface area contributed by atoms with Gasteiger partial charge in [-0.15, -0.1) is 0 Å². The third-order valence-corrected chi connectivity index (χ3v) is 4.18. The Hall–Kier alpha value is -0.710. The molecule has 1 aromatic rings. The standard InChI is InChI=1S/C15H20BrNO2.C2H6/c1-11(18)14(12-2-4-13(16)5-3-12)6-9-17-10-15(19)7-8-15;1-2/h2-5,14,17,19H,6-10H2,1H3;1-2H3. The summed E-state index contributed by atoms with van der Waals surface area (Å²) in [5.74, 6) is 0.128. The summed E-state index contributed by atoms with van der Waals surface area (Å²) >= 11 is 3.40. The summed E-state index contributed by atoms with van der Waals surface area (Å²) in [5, 5.41) is 13.0. The van der Waals surface area contributed by atoms with Gasteiger partial charge in [0.15, 0.2) is 0 Å². The second-order valence-electron chi connectivity index (χ2n) is 5.40. The molecular weight excluding hydrogens is 330 g/mol. The molecule has 0 amide bonds. The number of rotatable bonds is 7. The zero-order chi connectivity index (χ0) is 15.9. The van der Waals surface area contributed by atoms with E-state index >= 15 is 0 Å². The molecule has 1 unspecified atom stereocenters. The van der Waals surface area contributed by atoms with Gasteiger partial charge in [-0.25, -0.2) is 0 Å². The van der Waals surface area contributed by atoms with Crippen LogP contribution in [0.15, 0.2) is 28.7 Å². The number of aliphatic hydroxyl groups is 1. The van der Waals surface area contributed by atoms with Gasteiger partial charge in [0.05, 0.1) is 5.60 Å². The van der Waals surface area contributed by atoms with Gasteiger partial charge in [0.25, 0.3) is 0 Å². The van der Waals surface area contributed by atoms with Crippen molar-refractivity contribution in [1.29, 1.82) is 0 Å². The van der Waals surface area contributed by atoms with Crippen molar-refractivity contribution in [1.82, 2.24) is 5.32 Å². The van der Waals surface area contributed by atoms with Gasteiger partial charge < -0.3 is 10.4 Å². The van der Waals surface area contributed by atoms with Crippen molar-refractivity contribution in [3.05, 3.63) is 34.3 Å². The highest BCUT2D eigenvalue weighted by Crippen LogP contribution is 2.34. The second-order valence-corrected chi connectivity index (χ2v) is 6.32. The van der Waals surface area contributed by atoms with Gasteiger partial charge in [0, 0.05) is 16.9 Å². The first kappa shape index (κ1) is 18.3. The topological polar surface area (TPSA) is 49.3 Å². The molecular formula is C17H26BrNO2. The number of nitrogens with one attached hydrogen (secondary N) is 1. The van der Waals surface area contributed by atoms with E-state index in [2.05, 4.69) is 21.2 Å². The van der Waals surface area contributed by atoms with Crippen LogP contribution in [-0.2, 0) is 4.79 Å². The maximum atomic E-state index is 11.7. The van der Waals surface area contributed by atoms with Gasteiger partial charge in [0.2, 0.25) is 0 Å². The number of ketones is 1. The molecule has 21 heavy (non-hydrogen) atoms. The Kier molecular flexibility index (Phi) is 7.57. The van der Waals surface area contributed by atoms with Gasteiger partial charge in [-0.05, 0) is 50.4 Å². The molecule has 2 N–H and O–H groups in total. The summed E-state index contributed by atoms with van der Waals surface area (Å²) in [6, 6.07) is 7.91. The van der Waals surface area contributed by atoms with E-state index in [9.17, 15) is 9.90 Å². The summed E-state index contributed by atoms with van der Waals surface area (Å²) in [6.45, 7) is 7.03. The van der Waals surface area contributed by atoms with Crippen LogP contribution >= 0.6 is 15.9 Å². The fourth-order valence-corrected chi connectivity index (χ4v) is 2.45. The molecule has 0 saturated heterocycles.